The first-order chi connectivity index (χ1) is 18.2. The lowest BCUT2D eigenvalue weighted by Gasteiger charge is -2.27. The molecule has 0 spiro atoms. The smallest absolute Gasteiger partial charge is 0.294 e. The molecule has 0 bridgehead atoms. The predicted molar refractivity (Wildman–Crippen MR) is 144 cm³/mol. The summed E-state index contributed by atoms with van der Waals surface area (Å²) >= 11 is 4.17. The molecule has 1 N–H and O–H groups in total. The molecule has 2 aliphatic heterocycles. The average molecular weight is 606 g/mol. The Balaban J connectivity index is 1.42. The van der Waals surface area contributed by atoms with Crippen molar-refractivity contribution in [3.63, 3.8) is 0 Å². The Hall–Kier alpha value is -3.38. The standard InChI is InChI=1S/C26H25BrFN3O6S/c1-36-20-12-16(11-19(27)24(20)37-15-22(32)29-18-7-5-17(28)6-8-18)13-21-25(34)31(26(35)38-21)14-23(33)30-9-3-2-4-10-30/h5-8,11-13H,2-4,9-10,14-15H2,1H3,(H,29,32)/b21-13-. The molecule has 12 heteroatoms. The minimum Gasteiger partial charge on any atom is -0.493 e. The van der Waals surface area contributed by atoms with Gasteiger partial charge in [0.15, 0.2) is 18.1 Å². The van der Waals surface area contributed by atoms with Crippen LogP contribution in [0.2, 0.25) is 0 Å². The molecule has 0 aromatic heterocycles. The molecule has 2 fully saturated rings. The normalized spacial score (nSPS) is 16.7. The average Bonchev–Trinajstić information content (AvgIpc) is 3.16. The van der Waals surface area contributed by atoms with E-state index in [1.807, 2.05) is 0 Å². The number of methoxy groups -OCH3 is 1. The Labute approximate surface area is 231 Å². The van der Waals surface area contributed by atoms with Gasteiger partial charge in [-0.15, -0.1) is 0 Å². The number of carbonyl (C=O) groups excluding carboxylic acids is 4. The fourth-order valence-electron chi connectivity index (χ4n) is 4.00. The molecule has 0 aliphatic carbocycles. The van der Waals surface area contributed by atoms with Gasteiger partial charge in [-0.1, -0.05) is 0 Å². The number of nitrogens with zero attached hydrogens (tertiary/aromatic N) is 2. The lowest BCUT2D eigenvalue weighted by atomic mass is 10.1. The third-order valence-electron chi connectivity index (χ3n) is 5.90. The van der Waals surface area contributed by atoms with Crippen molar-refractivity contribution in [2.24, 2.45) is 0 Å². The number of rotatable bonds is 8. The monoisotopic (exact) mass is 605 g/mol. The summed E-state index contributed by atoms with van der Waals surface area (Å²) in [5.41, 5.74) is 0.970. The zero-order valence-corrected chi connectivity index (χ0v) is 22.9. The van der Waals surface area contributed by atoms with Crippen LogP contribution in [0.15, 0.2) is 45.8 Å². The number of nitrogens with one attached hydrogen (secondary N) is 1. The van der Waals surface area contributed by atoms with Crippen LogP contribution in [0.1, 0.15) is 24.8 Å². The Morgan fingerprint density at radius 3 is 2.53 bits per heavy atom. The van der Waals surface area contributed by atoms with Crippen LogP contribution in [0.25, 0.3) is 6.08 Å². The van der Waals surface area contributed by atoms with Crippen LogP contribution < -0.4 is 14.8 Å². The maximum atomic E-state index is 13.0. The first kappa shape index (κ1) is 27.6. The van der Waals surface area contributed by atoms with Gasteiger partial charge in [-0.05, 0) is 95.0 Å². The molecule has 2 aromatic rings. The summed E-state index contributed by atoms with van der Waals surface area (Å²) in [7, 11) is 1.43. The van der Waals surface area contributed by atoms with E-state index in [0.29, 0.717) is 34.6 Å². The number of carbonyl (C=O) groups is 4. The van der Waals surface area contributed by atoms with Gasteiger partial charge in [0.1, 0.15) is 12.4 Å². The fourth-order valence-corrected chi connectivity index (χ4v) is 5.41. The third-order valence-corrected chi connectivity index (χ3v) is 7.40. The van der Waals surface area contributed by atoms with E-state index < -0.39 is 22.9 Å². The van der Waals surface area contributed by atoms with Gasteiger partial charge in [-0.25, -0.2) is 4.39 Å². The van der Waals surface area contributed by atoms with Crippen molar-refractivity contribution >= 4 is 62.4 Å². The number of hydrogen-bond acceptors (Lipinski definition) is 7. The Bertz CT molecular complexity index is 1280. The van der Waals surface area contributed by atoms with Gasteiger partial charge in [0.05, 0.1) is 16.5 Å². The van der Waals surface area contributed by atoms with Crippen molar-refractivity contribution in [1.82, 2.24) is 9.80 Å². The van der Waals surface area contributed by atoms with Crippen LogP contribution in [0.5, 0.6) is 11.5 Å². The minimum atomic E-state index is -0.529. The van der Waals surface area contributed by atoms with E-state index in [2.05, 4.69) is 21.2 Å². The van der Waals surface area contributed by atoms with E-state index in [0.717, 1.165) is 35.9 Å². The van der Waals surface area contributed by atoms with Crippen molar-refractivity contribution in [3.05, 3.63) is 57.2 Å². The van der Waals surface area contributed by atoms with E-state index in [4.69, 9.17) is 9.47 Å². The Morgan fingerprint density at radius 2 is 1.84 bits per heavy atom. The lowest BCUT2D eigenvalue weighted by Crippen LogP contribution is -2.44. The van der Waals surface area contributed by atoms with Crippen molar-refractivity contribution in [1.29, 1.82) is 0 Å². The molecule has 0 radical (unpaired) electrons. The number of piperidine rings is 1. The van der Waals surface area contributed by atoms with Crippen LogP contribution in [0.3, 0.4) is 0 Å². The van der Waals surface area contributed by atoms with Gasteiger partial charge in [0.25, 0.3) is 17.1 Å². The molecule has 2 aromatic carbocycles. The van der Waals surface area contributed by atoms with Crippen LogP contribution >= 0.6 is 27.7 Å². The molecule has 0 atom stereocenters. The highest BCUT2D eigenvalue weighted by atomic mass is 79.9. The summed E-state index contributed by atoms with van der Waals surface area (Å²) in [6.07, 6.45) is 4.44. The van der Waals surface area contributed by atoms with Crippen molar-refractivity contribution < 1.29 is 33.0 Å². The quantitative estimate of drug-likeness (QED) is 0.436. The molecule has 2 aliphatic rings. The van der Waals surface area contributed by atoms with Crippen LogP contribution in [-0.2, 0) is 14.4 Å². The summed E-state index contributed by atoms with van der Waals surface area (Å²) in [5.74, 6) is -1.08. The molecule has 200 valence electrons. The number of ether oxygens (including phenoxy) is 2. The number of imide groups is 1. The molecule has 4 amide bonds. The second kappa shape index (κ2) is 12.4. The predicted octanol–water partition coefficient (Wildman–Crippen LogP) is 4.66. The highest BCUT2D eigenvalue weighted by molar-refractivity contribution is 9.10. The maximum Gasteiger partial charge on any atom is 0.294 e. The largest absolute Gasteiger partial charge is 0.493 e. The van der Waals surface area contributed by atoms with E-state index in [1.54, 1.807) is 17.0 Å². The molecular formula is C26H25BrFN3O6S. The third kappa shape index (κ3) is 6.73. The highest BCUT2D eigenvalue weighted by Gasteiger charge is 2.37. The van der Waals surface area contributed by atoms with E-state index in [1.165, 1.54) is 37.5 Å². The van der Waals surface area contributed by atoms with E-state index in [-0.39, 0.29) is 29.7 Å². The highest BCUT2D eigenvalue weighted by Crippen LogP contribution is 2.39. The van der Waals surface area contributed by atoms with Gasteiger partial charge in [0.2, 0.25) is 5.91 Å². The van der Waals surface area contributed by atoms with Gasteiger partial charge in [-0.3, -0.25) is 24.1 Å². The van der Waals surface area contributed by atoms with Crippen LogP contribution in [0.4, 0.5) is 14.9 Å². The van der Waals surface area contributed by atoms with Gasteiger partial charge in [0, 0.05) is 18.8 Å². The number of hydrogen-bond donors (Lipinski definition) is 1. The molecule has 9 nitrogen and oxygen atoms in total. The zero-order valence-electron chi connectivity index (χ0n) is 20.5. The van der Waals surface area contributed by atoms with Gasteiger partial charge >= 0.3 is 0 Å². The first-order valence-corrected chi connectivity index (χ1v) is 13.4. The second-order valence-electron chi connectivity index (χ2n) is 8.59. The maximum absolute atomic E-state index is 13.0. The zero-order chi connectivity index (χ0) is 27.2. The molecular weight excluding hydrogens is 581 g/mol. The van der Waals surface area contributed by atoms with Crippen molar-refractivity contribution in [2.75, 3.05) is 38.7 Å². The van der Waals surface area contributed by atoms with E-state index >= 15 is 0 Å². The summed E-state index contributed by atoms with van der Waals surface area (Å²) in [4.78, 5) is 53.1. The number of thioether (sulfide) groups is 1. The van der Waals surface area contributed by atoms with Gasteiger partial charge < -0.3 is 19.7 Å². The van der Waals surface area contributed by atoms with E-state index in [9.17, 15) is 23.6 Å². The molecule has 0 unspecified atom stereocenters. The Kier molecular flexibility index (Phi) is 9.05. The number of benzene rings is 2. The summed E-state index contributed by atoms with van der Waals surface area (Å²) in [6.45, 7) is 0.666. The summed E-state index contributed by atoms with van der Waals surface area (Å²) in [6, 6.07) is 8.59. The van der Waals surface area contributed by atoms with Crippen molar-refractivity contribution in [3.8, 4) is 11.5 Å². The topological polar surface area (TPSA) is 105 Å². The van der Waals surface area contributed by atoms with Gasteiger partial charge in [-0.2, -0.15) is 0 Å². The lowest BCUT2D eigenvalue weighted by molar-refractivity contribution is -0.136. The number of anilines is 1. The first-order valence-electron chi connectivity index (χ1n) is 11.8. The molecule has 0 saturated carbocycles. The minimum absolute atomic E-state index is 0.183. The SMILES string of the molecule is COc1cc(/C=C2\SC(=O)N(CC(=O)N3CCCCC3)C2=O)cc(Br)c1OCC(=O)Nc1ccc(F)cc1. The number of amides is 4. The summed E-state index contributed by atoms with van der Waals surface area (Å²) in [5, 5.41) is 2.11. The summed E-state index contributed by atoms with van der Waals surface area (Å²) < 4.78 is 24.6. The van der Waals surface area contributed by atoms with Crippen LogP contribution in [0, 0.1) is 5.82 Å². The van der Waals surface area contributed by atoms with Crippen molar-refractivity contribution in [2.45, 2.75) is 19.3 Å². The molecule has 4 rings (SSSR count). The molecule has 2 saturated heterocycles. The molecule has 38 heavy (non-hydrogen) atoms. The fraction of sp³-hybridized carbons (Fsp3) is 0.308. The molecule has 2 heterocycles. The number of halogens is 2. The Morgan fingerprint density at radius 1 is 1.13 bits per heavy atom. The second-order valence-corrected chi connectivity index (χ2v) is 10.4. The van der Waals surface area contributed by atoms with Crippen LogP contribution in [-0.4, -0.2) is 66.1 Å². The number of likely N-dealkylation sites (tertiary alicyclic amines) is 1.